The van der Waals surface area contributed by atoms with Gasteiger partial charge in [-0.2, -0.15) is 0 Å². The molecule has 2 aromatic carbocycles. The van der Waals surface area contributed by atoms with Crippen molar-refractivity contribution in [3.63, 3.8) is 0 Å². The SMILES string of the molecule is CCOC(=O)c1ccc(NC2=C[C@@H](c3ccccc3)CC(=O)C2)cc1. The number of carbonyl (C=O) groups excluding carboxylic acids is 2. The maximum absolute atomic E-state index is 12.1. The quantitative estimate of drug-likeness (QED) is 0.828. The summed E-state index contributed by atoms with van der Waals surface area (Å²) in [6, 6.07) is 17.1. The second kappa shape index (κ2) is 7.79. The van der Waals surface area contributed by atoms with Gasteiger partial charge in [-0.25, -0.2) is 4.79 Å². The third-order valence-electron chi connectivity index (χ3n) is 4.17. The van der Waals surface area contributed by atoms with Crippen LogP contribution >= 0.6 is 0 Å². The fourth-order valence-electron chi connectivity index (χ4n) is 2.98. The summed E-state index contributed by atoms with van der Waals surface area (Å²) in [6.07, 6.45) is 3.07. The summed E-state index contributed by atoms with van der Waals surface area (Å²) in [4.78, 5) is 23.8. The van der Waals surface area contributed by atoms with E-state index in [0.717, 1.165) is 16.9 Å². The number of carbonyl (C=O) groups is 2. The summed E-state index contributed by atoms with van der Waals surface area (Å²) in [5.41, 5.74) is 3.41. The molecule has 0 saturated heterocycles. The first-order valence-electron chi connectivity index (χ1n) is 8.47. The van der Waals surface area contributed by atoms with Crippen molar-refractivity contribution < 1.29 is 14.3 Å². The van der Waals surface area contributed by atoms with E-state index in [1.165, 1.54) is 0 Å². The van der Waals surface area contributed by atoms with Gasteiger partial charge in [0, 0.05) is 30.1 Å². The molecule has 0 spiro atoms. The Labute approximate surface area is 147 Å². The molecule has 4 heteroatoms. The molecule has 0 fully saturated rings. The molecule has 3 rings (SSSR count). The van der Waals surface area contributed by atoms with Crippen LogP contribution in [0.5, 0.6) is 0 Å². The molecule has 4 nitrogen and oxygen atoms in total. The number of anilines is 1. The average molecular weight is 335 g/mol. The number of ketones is 1. The molecule has 25 heavy (non-hydrogen) atoms. The van der Waals surface area contributed by atoms with Crippen LogP contribution in [0.4, 0.5) is 5.69 Å². The zero-order chi connectivity index (χ0) is 17.6. The summed E-state index contributed by atoms with van der Waals surface area (Å²) in [6.45, 7) is 2.14. The number of hydrogen-bond donors (Lipinski definition) is 1. The van der Waals surface area contributed by atoms with Crippen molar-refractivity contribution in [3.05, 3.63) is 77.5 Å². The molecule has 0 saturated carbocycles. The maximum Gasteiger partial charge on any atom is 0.338 e. The molecule has 0 aromatic heterocycles. The zero-order valence-electron chi connectivity index (χ0n) is 14.2. The lowest BCUT2D eigenvalue weighted by Crippen LogP contribution is -2.16. The maximum atomic E-state index is 12.1. The molecular weight excluding hydrogens is 314 g/mol. The number of Topliss-reactive ketones (excluding diaryl/α,β-unsaturated/α-hetero) is 1. The van der Waals surface area contributed by atoms with E-state index >= 15 is 0 Å². The molecular formula is C21H21NO3. The Balaban J connectivity index is 1.74. The van der Waals surface area contributed by atoms with E-state index in [9.17, 15) is 9.59 Å². The van der Waals surface area contributed by atoms with Gasteiger partial charge in [0.1, 0.15) is 5.78 Å². The molecule has 0 amide bonds. The van der Waals surface area contributed by atoms with Gasteiger partial charge in [-0.05, 0) is 36.8 Å². The lowest BCUT2D eigenvalue weighted by Gasteiger charge is -2.22. The Morgan fingerprint density at radius 2 is 1.84 bits per heavy atom. The van der Waals surface area contributed by atoms with E-state index in [-0.39, 0.29) is 17.7 Å². The van der Waals surface area contributed by atoms with Crippen LogP contribution in [0, 0.1) is 0 Å². The van der Waals surface area contributed by atoms with Gasteiger partial charge < -0.3 is 10.1 Å². The van der Waals surface area contributed by atoms with Gasteiger partial charge in [-0.15, -0.1) is 0 Å². The van der Waals surface area contributed by atoms with Crippen molar-refractivity contribution in [1.29, 1.82) is 0 Å². The van der Waals surface area contributed by atoms with Crippen molar-refractivity contribution >= 4 is 17.4 Å². The van der Waals surface area contributed by atoms with Gasteiger partial charge in [0.25, 0.3) is 0 Å². The Morgan fingerprint density at radius 3 is 2.52 bits per heavy atom. The highest BCUT2D eigenvalue weighted by atomic mass is 16.5. The largest absolute Gasteiger partial charge is 0.462 e. The van der Waals surface area contributed by atoms with Gasteiger partial charge in [0.15, 0.2) is 0 Å². The highest BCUT2D eigenvalue weighted by Crippen LogP contribution is 2.29. The van der Waals surface area contributed by atoms with E-state index in [4.69, 9.17) is 4.74 Å². The minimum absolute atomic E-state index is 0.101. The normalized spacial score (nSPS) is 16.9. The molecule has 0 radical (unpaired) electrons. The first kappa shape index (κ1) is 17.0. The molecule has 1 N–H and O–H groups in total. The number of rotatable bonds is 5. The summed E-state index contributed by atoms with van der Waals surface area (Å²) in [5.74, 6) is -0.00370. The molecule has 0 heterocycles. The lowest BCUT2D eigenvalue weighted by atomic mass is 9.87. The second-order valence-corrected chi connectivity index (χ2v) is 6.05. The van der Waals surface area contributed by atoms with Gasteiger partial charge in [0.2, 0.25) is 0 Å². The predicted molar refractivity (Wildman–Crippen MR) is 97.5 cm³/mol. The van der Waals surface area contributed by atoms with Gasteiger partial charge in [0.05, 0.1) is 12.2 Å². The zero-order valence-corrected chi connectivity index (χ0v) is 14.2. The topological polar surface area (TPSA) is 55.4 Å². The molecule has 2 aromatic rings. The van der Waals surface area contributed by atoms with Crippen LogP contribution in [0.25, 0.3) is 0 Å². The number of esters is 1. The van der Waals surface area contributed by atoms with Crippen molar-refractivity contribution in [1.82, 2.24) is 0 Å². The average Bonchev–Trinajstić information content (AvgIpc) is 2.63. The van der Waals surface area contributed by atoms with Gasteiger partial charge in [-0.1, -0.05) is 36.4 Å². The minimum Gasteiger partial charge on any atom is -0.462 e. The van der Waals surface area contributed by atoms with Crippen LogP contribution in [0.1, 0.15) is 41.6 Å². The monoisotopic (exact) mass is 335 g/mol. The Hall–Kier alpha value is -2.88. The fourth-order valence-corrected chi connectivity index (χ4v) is 2.98. The van der Waals surface area contributed by atoms with Crippen molar-refractivity contribution in [2.45, 2.75) is 25.7 Å². The highest BCUT2D eigenvalue weighted by Gasteiger charge is 2.21. The van der Waals surface area contributed by atoms with Crippen LogP contribution in [0.2, 0.25) is 0 Å². The molecule has 128 valence electrons. The number of allylic oxidation sites excluding steroid dienone is 2. The van der Waals surface area contributed by atoms with Gasteiger partial charge >= 0.3 is 5.97 Å². The minimum atomic E-state index is -0.328. The van der Waals surface area contributed by atoms with Gasteiger partial charge in [-0.3, -0.25) is 4.79 Å². The summed E-state index contributed by atoms with van der Waals surface area (Å²) >= 11 is 0. The van der Waals surface area contributed by atoms with Crippen LogP contribution in [-0.4, -0.2) is 18.4 Å². The number of hydrogen-bond acceptors (Lipinski definition) is 4. The first-order chi connectivity index (χ1) is 12.2. The van der Waals surface area contributed by atoms with E-state index in [2.05, 4.69) is 11.4 Å². The predicted octanol–water partition coefficient (Wildman–Crippen LogP) is 4.31. The van der Waals surface area contributed by atoms with Crippen LogP contribution in [0.3, 0.4) is 0 Å². The Bertz CT molecular complexity index is 779. The van der Waals surface area contributed by atoms with Crippen molar-refractivity contribution in [2.75, 3.05) is 11.9 Å². The standard InChI is InChI=1S/C21H21NO3/c1-2-25-21(24)16-8-10-18(11-9-16)22-19-12-17(13-20(23)14-19)15-6-4-3-5-7-15/h3-12,17,22H,2,13-14H2,1H3/t17-/m1/s1. The summed E-state index contributed by atoms with van der Waals surface area (Å²) in [5, 5.41) is 3.30. The molecule has 0 bridgehead atoms. The summed E-state index contributed by atoms with van der Waals surface area (Å²) < 4.78 is 4.98. The second-order valence-electron chi connectivity index (χ2n) is 6.05. The van der Waals surface area contributed by atoms with E-state index in [0.29, 0.717) is 25.0 Å². The van der Waals surface area contributed by atoms with E-state index in [1.807, 2.05) is 42.5 Å². The number of ether oxygens (including phenoxy) is 1. The molecule has 0 aliphatic heterocycles. The van der Waals surface area contributed by atoms with Crippen LogP contribution in [0.15, 0.2) is 66.4 Å². The Morgan fingerprint density at radius 1 is 1.12 bits per heavy atom. The molecule has 1 aliphatic rings. The third-order valence-corrected chi connectivity index (χ3v) is 4.17. The van der Waals surface area contributed by atoms with Crippen LogP contribution < -0.4 is 5.32 Å². The summed E-state index contributed by atoms with van der Waals surface area (Å²) in [7, 11) is 0. The molecule has 0 unspecified atom stereocenters. The highest BCUT2D eigenvalue weighted by molar-refractivity contribution is 5.90. The third kappa shape index (κ3) is 4.35. The molecule has 1 aliphatic carbocycles. The number of benzene rings is 2. The first-order valence-corrected chi connectivity index (χ1v) is 8.47. The Kier molecular flexibility index (Phi) is 5.29. The fraction of sp³-hybridized carbons (Fsp3) is 0.238. The van der Waals surface area contributed by atoms with E-state index in [1.54, 1.807) is 19.1 Å². The number of nitrogens with one attached hydrogen (secondary N) is 1. The lowest BCUT2D eigenvalue weighted by molar-refractivity contribution is -0.118. The van der Waals surface area contributed by atoms with E-state index < -0.39 is 0 Å². The van der Waals surface area contributed by atoms with Crippen molar-refractivity contribution in [3.8, 4) is 0 Å². The van der Waals surface area contributed by atoms with Crippen molar-refractivity contribution in [2.24, 2.45) is 0 Å². The smallest absolute Gasteiger partial charge is 0.338 e. The molecule has 1 atom stereocenters. The van der Waals surface area contributed by atoms with Crippen LogP contribution in [-0.2, 0) is 9.53 Å².